The third-order valence-corrected chi connectivity index (χ3v) is 2.55. The van der Waals surface area contributed by atoms with E-state index in [4.69, 9.17) is 4.79 Å². The van der Waals surface area contributed by atoms with Crippen LogP contribution in [0.3, 0.4) is 0 Å². The van der Waals surface area contributed by atoms with E-state index in [0.29, 0.717) is 4.91 Å². The number of nitrogens with two attached hydrogens (primary N) is 1. The molecular formula is C8H14N2O3S. The molecule has 0 saturated heterocycles. The molecule has 1 aliphatic heterocycles. The van der Waals surface area contributed by atoms with Crippen molar-refractivity contribution in [2.75, 3.05) is 19.8 Å². The van der Waals surface area contributed by atoms with E-state index in [1.54, 1.807) is 12.3 Å². The maximum atomic E-state index is 11.0. The molecule has 0 saturated carbocycles. The number of carbonyl (C=O) groups excluding carboxylic acids is 1. The topological polar surface area (TPSA) is 80.5 Å². The fraction of sp³-hybridized carbons (Fsp3) is 0.375. The molecule has 1 aliphatic rings. The lowest BCUT2D eigenvalue weighted by Gasteiger charge is -2.16. The van der Waals surface area contributed by atoms with E-state index in [0.717, 1.165) is 6.54 Å². The van der Waals surface area contributed by atoms with Gasteiger partial charge in [0.15, 0.2) is 9.84 Å². The number of hydrogen-bond donors (Lipinski definition) is 1. The van der Waals surface area contributed by atoms with E-state index in [2.05, 4.69) is 5.73 Å². The zero-order valence-corrected chi connectivity index (χ0v) is 8.99. The van der Waals surface area contributed by atoms with Crippen LogP contribution in [0.5, 0.6) is 0 Å². The lowest BCUT2D eigenvalue weighted by Crippen LogP contribution is -2.16. The number of nitrogens with zero attached hydrogens (tertiary/aromatic N) is 1. The molecule has 0 atom stereocenters. The molecule has 0 unspecified atom stereocenters. The zero-order chi connectivity index (χ0) is 11.2. The summed E-state index contributed by atoms with van der Waals surface area (Å²) in [6, 6.07) is 0. The van der Waals surface area contributed by atoms with Gasteiger partial charge in [0.1, 0.15) is 0 Å². The Bertz CT molecular complexity index is 344. The van der Waals surface area contributed by atoms with E-state index < -0.39 is 9.84 Å². The first-order chi connectivity index (χ1) is 6.41. The quantitative estimate of drug-likeness (QED) is 0.600. The van der Waals surface area contributed by atoms with Crippen LogP contribution in [0, 0.1) is 0 Å². The number of hydrogen-bond acceptors (Lipinski definition) is 4. The molecular weight excluding hydrogens is 204 g/mol. The van der Waals surface area contributed by atoms with E-state index in [-0.39, 0.29) is 6.41 Å². The summed E-state index contributed by atoms with van der Waals surface area (Å²) in [7, 11) is -1.18. The Kier molecular flexibility index (Phi) is 4.93. The van der Waals surface area contributed by atoms with E-state index in [1.165, 1.54) is 6.26 Å². The normalized spacial score (nSPS) is 15.3. The Balaban J connectivity index is 0.000000500. The van der Waals surface area contributed by atoms with Gasteiger partial charge in [-0.2, -0.15) is 0 Å². The summed E-state index contributed by atoms with van der Waals surface area (Å²) in [4.78, 5) is 10.8. The van der Waals surface area contributed by atoms with Crippen molar-refractivity contribution >= 4 is 16.2 Å². The molecule has 1 heterocycles. The summed E-state index contributed by atoms with van der Waals surface area (Å²) in [5.41, 5.74) is 4.17. The predicted molar refractivity (Wildman–Crippen MR) is 54.9 cm³/mol. The first-order valence-corrected chi connectivity index (χ1v) is 5.75. The number of amides is 1. The molecule has 2 N–H and O–H groups in total. The van der Waals surface area contributed by atoms with Gasteiger partial charge in [0.25, 0.3) is 0 Å². The monoisotopic (exact) mass is 218 g/mol. The molecule has 0 aromatic rings. The summed E-state index contributed by atoms with van der Waals surface area (Å²) in [6.45, 7) is 0.777. The standard InChI is InChI=1S/C7H11NO2S.CH3NO/c1-8-5-3-4-7(6-8)11(2,9)10;2-1-3/h3-4,6H,5H2,1-2H3;1H,(H2,2,3). The Hall–Kier alpha value is -1.30. The molecule has 5 nitrogen and oxygen atoms in total. The molecule has 0 fully saturated rings. The van der Waals surface area contributed by atoms with Crippen LogP contribution in [0.15, 0.2) is 23.3 Å². The summed E-state index contributed by atoms with van der Waals surface area (Å²) in [6.07, 6.45) is 6.56. The number of carbonyl (C=O) groups is 1. The molecule has 80 valence electrons. The Labute approximate surface area is 83.8 Å². The van der Waals surface area contributed by atoms with Crippen LogP contribution < -0.4 is 5.73 Å². The first kappa shape index (κ1) is 12.7. The van der Waals surface area contributed by atoms with Crippen molar-refractivity contribution in [2.45, 2.75) is 0 Å². The van der Waals surface area contributed by atoms with Crippen LogP contribution in [-0.4, -0.2) is 39.6 Å². The molecule has 0 spiro atoms. The van der Waals surface area contributed by atoms with E-state index in [9.17, 15) is 8.42 Å². The number of likely N-dealkylation sites (N-methyl/N-ethyl adjacent to an activating group) is 1. The van der Waals surface area contributed by atoms with Gasteiger partial charge in [-0.1, -0.05) is 6.08 Å². The highest BCUT2D eigenvalue weighted by Crippen LogP contribution is 2.11. The van der Waals surface area contributed by atoms with E-state index in [1.807, 2.05) is 18.0 Å². The summed E-state index contributed by atoms with van der Waals surface area (Å²) >= 11 is 0. The van der Waals surface area contributed by atoms with Gasteiger partial charge >= 0.3 is 0 Å². The molecule has 0 aromatic heterocycles. The van der Waals surface area contributed by atoms with Crippen molar-refractivity contribution in [3.05, 3.63) is 23.3 Å². The SMILES string of the molecule is CN1C=C(S(C)(=O)=O)C=CC1.NC=O. The van der Waals surface area contributed by atoms with Gasteiger partial charge in [-0.25, -0.2) is 8.42 Å². The molecule has 14 heavy (non-hydrogen) atoms. The fourth-order valence-corrected chi connectivity index (χ4v) is 1.58. The summed E-state index contributed by atoms with van der Waals surface area (Å²) in [5, 5.41) is 0. The van der Waals surface area contributed by atoms with Crippen molar-refractivity contribution in [3.8, 4) is 0 Å². The summed E-state index contributed by atoms with van der Waals surface area (Å²) in [5.74, 6) is 0. The second kappa shape index (κ2) is 5.43. The van der Waals surface area contributed by atoms with Crippen molar-refractivity contribution in [3.63, 3.8) is 0 Å². The van der Waals surface area contributed by atoms with Crippen LogP contribution in [0.2, 0.25) is 0 Å². The lowest BCUT2D eigenvalue weighted by atomic mass is 10.4. The molecule has 0 aromatic carbocycles. The van der Waals surface area contributed by atoms with Gasteiger partial charge < -0.3 is 10.6 Å². The molecule has 1 amide bonds. The average Bonchev–Trinajstić information content (AvgIpc) is 2.04. The highest BCUT2D eigenvalue weighted by molar-refractivity contribution is 7.94. The Morgan fingerprint density at radius 3 is 2.36 bits per heavy atom. The Morgan fingerprint density at radius 2 is 2.07 bits per heavy atom. The van der Waals surface area contributed by atoms with Crippen LogP contribution in [0.4, 0.5) is 0 Å². The molecule has 0 bridgehead atoms. The maximum Gasteiger partial charge on any atom is 0.204 e. The van der Waals surface area contributed by atoms with Gasteiger partial charge in [0, 0.05) is 26.0 Å². The Morgan fingerprint density at radius 1 is 1.57 bits per heavy atom. The largest absolute Gasteiger partial charge is 0.376 e. The second-order valence-electron chi connectivity index (χ2n) is 2.78. The third-order valence-electron chi connectivity index (χ3n) is 1.45. The minimum Gasteiger partial charge on any atom is -0.376 e. The number of sulfone groups is 1. The first-order valence-electron chi connectivity index (χ1n) is 3.86. The number of primary amides is 1. The van der Waals surface area contributed by atoms with Gasteiger partial charge in [-0.15, -0.1) is 0 Å². The van der Waals surface area contributed by atoms with Gasteiger partial charge in [-0.05, 0) is 6.08 Å². The van der Waals surface area contributed by atoms with Crippen LogP contribution in [0.25, 0.3) is 0 Å². The molecule has 1 rings (SSSR count). The molecule has 0 radical (unpaired) electrons. The van der Waals surface area contributed by atoms with Crippen LogP contribution in [0.1, 0.15) is 0 Å². The van der Waals surface area contributed by atoms with Crippen LogP contribution in [-0.2, 0) is 14.6 Å². The number of rotatable bonds is 1. The molecule has 6 heteroatoms. The van der Waals surface area contributed by atoms with Gasteiger partial charge in [-0.3, -0.25) is 4.79 Å². The predicted octanol–water partition coefficient (Wildman–Crippen LogP) is -0.524. The lowest BCUT2D eigenvalue weighted by molar-refractivity contribution is -0.106. The second-order valence-corrected chi connectivity index (χ2v) is 4.80. The summed E-state index contributed by atoms with van der Waals surface area (Å²) < 4.78 is 22.0. The minimum atomic E-state index is -3.03. The van der Waals surface area contributed by atoms with Crippen molar-refractivity contribution in [2.24, 2.45) is 5.73 Å². The van der Waals surface area contributed by atoms with Gasteiger partial charge in [0.2, 0.25) is 6.41 Å². The smallest absolute Gasteiger partial charge is 0.204 e. The number of allylic oxidation sites excluding steroid dienone is 1. The fourth-order valence-electron chi connectivity index (χ4n) is 0.867. The maximum absolute atomic E-state index is 11.0. The average molecular weight is 218 g/mol. The molecule has 0 aliphatic carbocycles. The van der Waals surface area contributed by atoms with E-state index >= 15 is 0 Å². The van der Waals surface area contributed by atoms with Crippen molar-refractivity contribution < 1.29 is 13.2 Å². The minimum absolute atomic E-state index is 0.250. The van der Waals surface area contributed by atoms with Crippen LogP contribution >= 0.6 is 0 Å². The third kappa shape index (κ3) is 4.66. The zero-order valence-electron chi connectivity index (χ0n) is 8.17. The highest BCUT2D eigenvalue weighted by Gasteiger charge is 2.10. The highest BCUT2D eigenvalue weighted by atomic mass is 32.2. The van der Waals surface area contributed by atoms with Gasteiger partial charge in [0.05, 0.1) is 4.91 Å². The van der Waals surface area contributed by atoms with Crippen molar-refractivity contribution in [1.29, 1.82) is 0 Å². The van der Waals surface area contributed by atoms with Crippen molar-refractivity contribution in [1.82, 2.24) is 4.90 Å².